The normalized spacial score (nSPS) is 12.7. The van der Waals surface area contributed by atoms with Gasteiger partial charge in [-0.25, -0.2) is 4.79 Å². The van der Waals surface area contributed by atoms with Crippen molar-refractivity contribution in [3.63, 3.8) is 0 Å². The summed E-state index contributed by atoms with van der Waals surface area (Å²) < 4.78 is 5.31. The van der Waals surface area contributed by atoms with Gasteiger partial charge in [-0.1, -0.05) is 23.7 Å². The van der Waals surface area contributed by atoms with E-state index in [4.69, 9.17) is 16.0 Å². The highest BCUT2D eigenvalue weighted by atomic mass is 35.5. The summed E-state index contributed by atoms with van der Waals surface area (Å²) in [4.78, 5) is 14.1. The number of phenols is 1. The molecule has 0 spiro atoms. The lowest BCUT2D eigenvalue weighted by Gasteiger charge is -2.25. The summed E-state index contributed by atoms with van der Waals surface area (Å²) in [6.45, 7) is 4.43. The Hall–Kier alpha value is -2.30. The molecule has 0 fully saturated rings. The molecule has 3 aromatic rings. The zero-order valence-electron chi connectivity index (χ0n) is 14.4. The van der Waals surface area contributed by atoms with E-state index in [1.807, 2.05) is 31.3 Å². The first kappa shape index (κ1) is 17.5. The first-order valence-corrected chi connectivity index (χ1v) is 8.45. The van der Waals surface area contributed by atoms with E-state index < -0.39 is 5.63 Å². The minimum atomic E-state index is -0.413. The molecule has 1 aromatic heterocycles. The third-order valence-electron chi connectivity index (χ3n) is 4.65. The Labute approximate surface area is 151 Å². The number of halogens is 1. The predicted molar refractivity (Wildman–Crippen MR) is 100 cm³/mol. The minimum absolute atomic E-state index is 0.121. The van der Waals surface area contributed by atoms with Crippen LogP contribution in [0.25, 0.3) is 11.0 Å². The Bertz CT molecular complexity index is 963. The third kappa shape index (κ3) is 3.55. The summed E-state index contributed by atoms with van der Waals surface area (Å²) in [6.07, 6.45) is 0. The lowest BCUT2D eigenvalue weighted by Crippen LogP contribution is -2.22. The van der Waals surface area contributed by atoms with Crippen molar-refractivity contribution in [1.82, 2.24) is 4.90 Å². The Balaban J connectivity index is 1.95. The topological polar surface area (TPSA) is 53.7 Å². The summed E-state index contributed by atoms with van der Waals surface area (Å²) in [5, 5.41) is 11.4. The van der Waals surface area contributed by atoms with Crippen LogP contribution >= 0.6 is 11.6 Å². The standard InChI is InChI=1S/C20H20ClNO3/c1-12-18(23)9-8-17-15(10-19(24)25-20(12)17)11-22(3)13(2)14-4-6-16(21)7-5-14/h4-10,13,23H,11H2,1-3H3. The molecule has 25 heavy (non-hydrogen) atoms. The highest BCUT2D eigenvalue weighted by Gasteiger charge is 2.16. The van der Waals surface area contributed by atoms with Gasteiger partial charge >= 0.3 is 5.63 Å². The van der Waals surface area contributed by atoms with Crippen LogP contribution in [0, 0.1) is 6.92 Å². The van der Waals surface area contributed by atoms with Gasteiger partial charge in [-0.2, -0.15) is 0 Å². The molecule has 3 rings (SSSR count). The van der Waals surface area contributed by atoms with E-state index in [1.54, 1.807) is 19.1 Å². The SMILES string of the molecule is Cc1c(O)ccc2c(CN(C)C(C)c3ccc(Cl)cc3)cc(=O)oc12. The van der Waals surface area contributed by atoms with Crippen LogP contribution in [-0.2, 0) is 6.54 Å². The van der Waals surface area contributed by atoms with Crippen molar-refractivity contribution < 1.29 is 9.52 Å². The number of hydrogen-bond acceptors (Lipinski definition) is 4. The number of phenolic OH excluding ortho intramolecular Hbond substituents is 1. The van der Waals surface area contributed by atoms with Crippen LogP contribution in [0.5, 0.6) is 5.75 Å². The average Bonchev–Trinajstić information content (AvgIpc) is 2.58. The summed E-state index contributed by atoms with van der Waals surface area (Å²) in [5.41, 5.74) is 2.62. The van der Waals surface area contributed by atoms with Crippen LogP contribution < -0.4 is 5.63 Å². The van der Waals surface area contributed by atoms with E-state index in [1.165, 1.54) is 6.07 Å². The molecule has 2 aromatic carbocycles. The van der Waals surface area contributed by atoms with Crippen LogP contribution in [0.3, 0.4) is 0 Å². The van der Waals surface area contributed by atoms with Crippen molar-refractivity contribution in [3.05, 3.63) is 74.6 Å². The molecule has 1 unspecified atom stereocenters. The quantitative estimate of drug-likeness (QED) is 0.690. The number of fused-ring (bicyclic) bond motifs is 1. The van der Waals surface area contributed by atoms with Gasteiger partial charge in [0.05, 0.1) is 0 Å². The Morgan fingerprint density at radius 3 is 2.56 bits per heavy atom. The summed E-state index contributed by atoms with van der Waals surface area (Å²) in [5.74, 6) is 0.121. The zero-order chi connectivity index (χ0) is 18.1. The van der Waals surface area contributed by atoms with Gasteiger partial charge in [0.15, 0.2) is 0 Å². The third-order valence-corrected chi connectivity index (χ3v) is 4.90. The van der Waals surface area contributed by atoms with Crippen molar-refractivity contribution in [2.45, 2.75) is 26.4 Å². The number of aromatic hydroxyl groups is 1. The number of nitrogens with zero attached hydrogens (tertiary/aromatic N) is 1. The van der Waals surface area contributed by atoms with Gasteiger partial charge in [0, 0.05) is 34.6 Å². The van der Waals surface area contributed by atoms with Gasteiger partial charge in [0.1, 0.15) is 11.3 Å². The largest absolute Gasteiger partial charge is 0.508 e. The highest BCUT2D eigenvalue weighted by molar-refractivity contribution is 6.30. The molecule has 0 aliphatic heterocycles. The maximum absolute atomic E-state index is 11.9. The fourth-order valence-corrected chi connectivity index (χ4v) is 3.07. The summed E-state index contributed by atoms with van der Waals surface area (Å²) >= 11 is 5.96. The summed E-state index contributed by atoms with van der Waals surface area (Å²) in [7, 11) is 2.01. The van der Waals surface area contributed by atoms with E-state index in [9.17, 15) is 9.90 Å². The molecule has 0 saturated heterocycles. The maximum Gasteiger partial charge on any atom is 0.336 e. The number of aryl methyl sites for hydroxylation is 1. The van der Waals surface area contributed by atoms with Gasteiger partial charge in [-0.05, 0) is 56.3 Å². The smallest absolute Gasteiger partial charge is 0.336 e. The lowest BCUT2D eigenvalue weighted by atomic mass is 10.0. The highest BCUT2D eigenvalue weighted by Crippen LogP contribution is 2.29. The first-order valence-electron chi connectivity index (χ1n) is 8.08. The van der Waals surface area contributed by atoms with Crippen molar-refractivity contribution in [2.24, 2.45) is 0 Å². The average molecular weight is 358 g/mol. The first-order chi connectivity index (χ1) is 11.9. The van der Waals surface area contributed by atoms with Crippen LogP contribution in [0.15, 0.2) is 51.7 Å². The molecule has 0 aliphatic rings. The Morgan fingerprint density at radius 1 is 1.20 bits per heavy atom. The maximum atomic E-state index is 11.9. The van der Waals surface area contributed by atoms with Gasteiger partial charge in [-0.3, -0.25) is 4.90 Å². The molecule has 1 heterocycles. The summed E-state index contributed by atoms with van der Waals surface area (Å²) in [6, 6.07) is 12.8. The van der Waals surface area contributed by atoms with Crippen LogP contribution in [-0.4, -0.2) is 17.1 Å². The molecule has 0 aliphatic carbocycles. The van der Waals surface area contributed by atoms with E-state index in [-0.39, 0.29) is 11.8 Å². The van der Waals surface area contributed by atoms with Gasteiger partial charge in [-0.15, -0.1) is 0 Å². The van der Waals surface area contributed by atoms with Gasteiger partial charge in [0.2, 0.25) is 0 Å². The van der Waals surface area contributed by atoms with E-state index >= 15 is 0 Å². The molecule has 5 heteroatoms. The monoisotopic (exact) mass is 357 g/mol. The number of rotatable bonds is 4. The molecule has 0 amide bonds. The van der Waals surface area contributed by atoms with Crippen molar-refractivity contribution >= 4 is 22.6 Å². The predicted octanol–water partition coefficient (Wildman–Crippen LogP) is 4.65. The zero-order valence-corrected chi connectivity index (χ0v) is 15.2. The van der Waals surface area contributed by atoms with Crippen molar-refractivity contribution in [2.75, 3.05) is 7.05 Å². The molecular formula is C20H20ClNO3. The minimum Gasteiger partial charge on any atom is -0.508 e. The van der Waals surface area contributed by atoms with Crippen LogP contribution in [0.1, 0.15) is 29.7 Å². The molecule has 0 saturated carbocycles. The lowest BCUT2D eigenvalue weighted by molar-refractivity contribution is 0.253. The van der Waals surface area contributed by atoms with Crippen molar-refractivity contribution in [1.29, 1.82) is 0 Å². The second-order valence-electron chi connectivity index (χ2n) is 6.32. The molecule has 130 valence electrons. The molecule has 1 N–H and O–H groups in total. The molecular weight excluding hydrogens is 338 g/mol. The van der Waals surface area contributed by atoms with E-state index in [2.05, 4.69) is 11.8 Å². The van der Waals surface area contributed by atoms with E-state index in [0.717, 1.165) is 16.5 Å². The molecule has 0 bridgehead atoms. The molecule has 4 nitrogen and oxygen atoms in total. The van der Waals surface area contributed by atoms with Gasteiger partial charge in [0.25, 0.3) is 0 Å². The number of hydrogen-bond donors (Lipinski definition) is 1. The van der Waals surface area contributed by atoms with Crippen LogP contribution in [0.2, 0.25) is 5.02 Å². The van der Waals surface area contributed by atoms with Crippen molar-refractivity contribution in [3.8, 4) is 5.75 Å². The second-order valence-corrected chi connectivity index (χ2v) is 6.76. The van der Waals surface area contributed by atoms with E-state index in [0.29, 0.717) is 22.7 Å². The number of benzene rings is 2. The molecule has 1 atom stereocenters. The Kier molecular flexibility index (Phi) is 4.84. The fraction of sp³-hybridized carbons (Fsp3) is 0.250. The van der Waals surface area contributed by atoms with Gasteiger partial charge < -0.3 is 9.52 Å². The molecule has 0 radical (unpaired) electrons. The Morgan fingerprint density at radius 2 is 1.88 bits per heavy atom. The second kappa shape index (κ2) is 6.90. The fourth-order valence-electron chi connectivity index (χ4n) is 2.95. The van der Waals surface area contributed by atoms with Crippen LogP contribution in [0.4, 0.5) is 0 Å².